The second-order valence-electron chi connectivity index (χ2n) is 4.83. The van der Waals surface area contributed by atoms with Crippen molar-refractivity contribution in [3.8, 4) is 0 Å². The zero-order chi connectivity index (χ0) is 11.5. The van der Waals surface area contributed by atoms with E-state index in [1.807, 2.05) is 6.08 Å². The van der Waals surface area contributed by atoms with Gasteiger partial charge in [0.1, 0.15) is 6.67 Å². The number of rotatable bonds is 2. The molecule has 2 aliphatic rings. The fraction of sp³-hybridized carbons (Fsp3) is 0.467. The van der Waals surface area contributed by atoms with Gasteiger partial charge >= 0.3 is 0 Å². The van der Waals surface area contributed by atoms with Crippen molar-refractivity contribution in [2.24, 2.45) is 0 Å². The Morgan fingerprint density at radius 3 is 2.38 bits per heavy atom. The van der Waals surface area contributed by atoms with Gasteiger partial charge < -0.3 is 0 Å². The summed E-state index contributed by atoms with van der Waals surface area (Å²) in [4.78, 5) is 0. The van der Waals surface area contributed by atoms with Gasteiger partial charge in [0.25, 0.3) is 0 Å². The first kappa shape index (κ1) is 11.4. The molecule has 0 saturated heterocycles. The molecular formula is C15H19F. The van der Waals surface area contributed by atoms with Crippen LogP contribution in [-0.4, -0.2) is 6.67 Å². The minimum Gasteiger partial charge on any atom is -0.246 e. The largest absolute Gasteiger partial charge is 0.246 e. The van der Waals surface area contributed by atoms with Gasteiger partial charge in [-0.3, -0.25) is 0 Å². The number of alkyl halides is 1. The average molecular weight is 218 g/mol. The van der Waals surface area contributed by atoms with Crippen molar-refractivity contribution in [3.63, 3.8) is 0 Å². The number of allylic oxidation sites excluding steroid dienone is 8. The molecule has 0 radical (unpaired) electrons. The molecule has 0 aromatic rings. The monoisotopic (exact) mass is 218 g/mol. The molecule has 2 rings (SSSR count). The average Bonchev–Trinajstić information content (AvgIpc) is 2.30. The molecule has 16 heavy (non-hydrogen) atoms. The van der Waals surface area contributed by atoms with Crippen LogP contribution in [0.3, 0.4) is 0 Å². The minimum absolute atomic E-state index is 0.327. The molecule has 0 atom stereocenters. The highest BCUT2D eigenvalue weighted by molar-refractivity contribution is 5.47. The van der Waals surface area contributed by atoms with E-state index in [2.05, 4.69) is 26.0 Å². The number of hydrogen-bond donors (Lipinski definition) is 0. The van der Waals surface area contributed by atoms with Crippen LogP contribution in [0.4, 0.5) is 4.39 Å². The first-order valence-corrected chi connectivity index (χ1v) is 6.02. The third-order valence-corrected chi connectivity index (χ3v) is 3.47. The molecule has 2 aliphatic carbocycles. The second kappa shape index (κ2) is 4.82. The molecule has 0 N–H and O–H groups in total. The lowest BCUT2D eigenvalue weighted by Crippen LogP contribution is -2.04. The highest BCUT2D eigenvalue weighted by Crippen LogP contribution is 2.33. The molecule has 0 unspecified atom stereocenters. The van der Waals surface area contributed by atoms with Gasteiger partial charge in [-0.2, -0.15) is 0 Å². The van der Waals surface area contributed by atoms with Crippen LogP contribution in [0.1, 0.15) is 39.5 Å². The van der Waals surface area contributed by atoms with Gasteiger partial charge in [-0.15, -0.1) is 0 Å². The van der Waals surface area contributed by atoms with E-state index in [-0.39, 0.29) is 6.67 Å². The summed E-state index contributed by atoms with van der Waals surface area (Å²) < 4.78 is 13.0. The Bertz CT molecular complexity index is 405. The highest BCUT2D eigenvalue weighted by atomic mass is 19.1. The summed E-state index contributed by atoms with van der Waals surface area (Å²) in [6.07, 6.45) is 10.7. The van der Waals surface area contributed by atoms with E-state index in [1.165, 1.54) is 22.3 Å². The SMILES string of the molecule is CC1=CC=C(C2=C(CF)C=C(C)CC2)CC1. The Morgan fingerprint density at radius 1 is 1.00 bits per heavy atom. The van der Waals surface area contributed by atoms with Crippen molar-refractivity contribution in [3.05, 3.63) is 46.1 Å². The second-order valence-corrected chi connectivity index (χ2v) is 4.83. The summed E-state index contributed by atoms with van der Waals surface area (Å²) in [5.74, 6) is 0. The van der Waals surface area contributed by atoms with Gasteiger partial charge in [0, 0.05) is 0 Å². The van der Waals surface area contributed by atoms with Crippen LogP contribution in [0.15, 0.2) is 46.1 Å². The Labute approximate surface area is 97.2 Å². The van der Waals surface area contributed by atoms with Crippen LogP contribution in [0.25, 0.3) is 0 Å². The van der Waals surface area contributed by atoms with Crippen molar-refractivity contribution < 1.29 is 4.39 Å². The fourth-order valence-electron chi connectivity index (χ4n) is 2.42. The standard InChI is InChI=1S/C15H19F/c1-11-3-6-13(7-4-11)15-8-5-12(2)9-14(15)10-16/h3,6,9H,4-5,7-8,10H2,1-2H3. The van der Waals surface area contributed by atoms with E-state index in [1.54, 1.807) is 0 Å². The van der Waals surface area contributed by atoms with E-state index in [0.29, 0.717) is 0 Å². The molecule has 1 heteroatoms. The molecule has 0 fully saturated rings. The fourth-order valence-corrected chi connectivity index (χ4v) is 2.42. The lowest BCUT2D eigenvalue weighted by atomic mass is 9.84. The third-order valence-electron chi connectivity index (χ3n) is 3.47. The Hall–Kier alpha value is -1.11. The normalized spacial score (nSPS) is 21.6. The molecule has 0 saturated carbocycles. The van der Waals surface area contributed by atoms with Gasteiger partial charge in [-0.25, -0.2) is 4.39 Å². The molecule has 0 heterocycles. The van der Waals surface area contributed by atoms with E-state index in [9.17, 15) is 4.39 Å². The smallest absolute Gasteiger partial charge is 0.115 e. The van der Waals surface area contributed by atoms with Crippen LogP contribution in [0.5, 0.6) is 0 Å². The summed E-state index contributed by atoms with van der Waals surface area (Å²) >= 11 is 0. The predicted molar refractivity (Wildman–Crippen MR) is 67.1 cm³/mol. The quantitative estimate of drug-likeness (QED) is 0.632. The number of halogens is 1. The maximum absolute atomic E-state index is 13.0. The van der Waals surface area contributed by atoms with Gasteiger partial charge in [0.05, 0.1) is 0 Å². The van der Waals surface area contributed by atoms with E-state index >= 15 is 0 Å². The lowest BCUT2D eigenvalue weighted by Gasteiger charge is -2.21. The maximum atomic E-state index is 13.0. The van der Waals surface area contributed by atoms with Crippen molar-refractivity contribution in [2.45, 2.75) is 39.5 Å². The van der Waals surface area contributed by atoms with Crippen LogP contribution in [0.2, 0.25) is 0 Å². The highest BCUT2D eigenvalue weighted by Gasteiger charge is 2.16. The van der Waals surface area contributed by atoms with Crippen LogP contribution in [0, 0.1) is 0 Å². The zero-order valence-corrected chi connectivity index (χ0v) is 10.1. The zero-order valence-electron chi connectivity index (χ0n) is 10.1. The van der Waals surface area contributed by atoms with Crippen molar-refractivity contribution in [1.29, 1.82) is 0 Å². The molecule has 0 amide bonds. The van der Waals surface area contributed by atoms with E-state index in [0.717, 1.165) is 31.3 Å². The van der Waals surface area contributed by atoms with Gasteiger partial charge in [-0.1, -0.05) is 29.4 Å². The molecule has 0 nitrogen and oxygen atoms in total. The van der Waals surface area contributed by atoms with Crippen LogP contribution >= 0.6 is 0 Å². The van der Waals surface area contributed by atoms with Crippen molar-refractivity contribution in [1.82, 2.24) is 0 Å². The van der Waals surface area contributed by atoms with E-state index < -0.39 is 0 Å². The number of hydrogen-bond acceptors (Lipinski definition) is 0. The van der Waals surface area contributed by atoms with Crippen LogP contribution in [-0.2, 0) is 0 Å². The molecule has 86 valence electrons. The predicted octanol–water partition coefficient (Wildman–Crippen LogP) is 4.66. The topological polar surface area (TPSA) is 0 Å². The summed E-state index contributed by atoms with van der Waals surface area (Å²) in [5, 5.41) is 0. The third kappa shape index (κ3) is 2.34. The van der Waals surface area contributed by atoms with E-state index in [4.69, 9.17) is 0 Å². The molecule has 0 spiro atoms. The first-order chi connectivity index (χ1) is 7.70. The van der Waals surface area contributed by atoms with Gasteiger partial charge in [-0.05, 0) is 56.3 Å². The summed E-state index contributed by atoms with van der Waals surface area (Å²) in [6, 6.07) is 0. The lowest BCUT2D eigenvalue weighted by molar-refractivity contribution is 0.543. The summed E-state index contributed by atoms with van der Waals surface area (Å²) in [5.41, 5.74) is 6.25. The minimum atomic E-state index is -0.327. The van der Waals surface area contributed by atoms with Crippen molar-refractivity contribution in [2.75, 3.05) is 6.67 Å². The molecule has 0 bridgehead atoms. The Balaban J connectivity index is 2.32. The van der Waals surface area contributed by atoms with Crippen LogP contribution < -0.4 is 0 Å². The maximum Gasteiger partial charge on any atom is 0.115 e. The summed E-state index contributed by atoms with van der Waals surface area (Å²) in [7, 11) is 0. The van der Waals surface area contributed by atoms with Crippen molar-refractivity contribution >= 4 is 0 Å². The Morgan fingerprint density at radius 2 is 1.75 bits per heavy atom. The Kier molecular flexibility index (Phi) is 3.42. The molecular weight excluding hydrogens is 199 g/mol. The molecule has 0 aromatic carbocycles. The summed E-state index contributed by atoms with van der Waals surface area (Å²) in [6.45, 7) is 3.92. The molecule has 0 aromatic heterocycles. The molecule has 0 aliphatic heterocycles. The first-order valence-electron chi connectivity index (χ1n) is 6.02. The van der Waals surface area contributed by atoms with Gasteiger partial charge in [0.2, 0.25) is 0 Å². The van der Waals surface area contributed by atoms with Gasteiger partial charge in [0.15, 0.2) is 0 Å².